The van der Waals surface area contributed by atoms with Gasteiger partial charge in [0.25, 0.3) is 0 Å². The van der Waals surface area contributed by atoms with E-state index in [4.69, 9.17) is 9.16 Å². The summed E-state index contributed by atoms with van der Waals surface area (Å²) in [6.45, 7) is 19.8. The molecule has 0 bridgehead atoms. The number of carbonyl (C=O) groups is 1. The highest BCUT2D eigenvalue weighted by Gasteiger charge is 2.36. The smallest absolute Gasteiger partial charge is 0.323 e. The summed E-state index contributed by atoms with van der Waals surface area (Å²) in [5.41, 5.74) is -0.440. The van der Waals surface area contributed by atoms with Gasteiger partial charge in [-0.2, -0.15) is 0 Å². The third kappa shape index (κ3) is 7.41. The Balaban J connectivity index is 4.05. The minimum absolute atomic E-state index is 0.212. The molecule has 1 unspecified atom stereocenters. The highest BCUT2D eigenvalue weighted by Crippen LogP contribution is 2.36. The van der Waals surface area contributed by atoms with Gasteiger partial charge in [0.2, 0.25) is 0 Å². The van der Waals surface area contributed by atoms with Gasteiger partial charge < -0.3 is 14.5 Å². The number of hydrogen-bond acceptors (Lipinski definition) is 4. The molecule has 5 heteroatoms. The third-order valence-corrected chi connectivity index (χ3v) is 8.12. The highest BCUT2D eigenvalue weighted by atomic mass is 28.4. The van der Waals surface area contributed by atoms with E-state index >= 15 is 0 Å². The second-order valence-electron chi connectivity index (χ2n) is 7.82. The zero-order chi connectivity index (χ0) is 16.2. The monoisotopic (exact) mass is 303 g/mol. The van der Waals surface area contributed by atoms with E-state index in [1.54, 1.807) is 0 Å². The van der Waals surface area contributed by atoms with Crippen molar-refractivity contribution in [3.8, 4) is 0 Å². The first-order valence-electron chi connectivity index (χ1n) is 7.36. The molecular weight excluding hydrogens is 270 g/mol. The van der Waals surface area contributed by atoms with Gasteiger partial charge in [-0.25, -0.2) is 0 Å². The van der Waals surface area contributed by atoms with Crippen molar-refractivity contribution in [2.75, 3.05) is 13.2 Å². The predicted octanol–water partition coefficient (Wildman–Crippen LogP) is 3.33. The van der Waals surface area contributed by atoms with E-state index in [2.05, 4.69) is 39.2 Å². The van der Waals surface area contributed by atoms with Crippen LogP contribution in [0.25, 0.3) is 0 Å². The van der Waals surface area contributed by atoms with E-state index in [0.717, 1.165) is 0 Å². The van der Waals surface area contributed by atoms with Crippen LogP contribution in [0, 0.1) is 0 Å². The molecule has 0 fully saturated rings. The van der Waals surface area contributed by atoms with Gasteiger partial charge >= 0.3 is 5.97 Å². The van der Waals surface area contributed by atoms with Gasteiger partial charge in [-0.3, -0.25) is 4.79 Å². The second-order valence-corrected chi connectivity index (χ2v) is 12.6. The minimum atomic E-state index is -1.70. The summed E-state index contributed by atoms with van der Waals surface area (Å²) < 4.78 is 11.4. The lowest BCUT2D eigenvalue weighted by Gasteiger charge is -2.36. The van der Waals surface area contributed by atoms with Crippen LogP contribution in [-0.4, -0.2) is 39.1 Å². The first kappa shape index (κ1) is 19.6. The lowest BCUT2D eigenvalue weighted by Crippen LogP contribution is -2.44. The number of ether oxygens (including phenoxy) is 1. The molecule has 0 radical (unpaired) electrons. The molecule has 1 N–H and O–H groups in total. The van der Waals surface area contributed by atoms with E-state index in [0.29, 0.717) is 13.2 Å². The largest absolute Gasteiger partial charge is 0.459 e. The summed E-state index contributed by atoms with van der Waals surface area (Å²) >= 11 is 0. The van der Waals surface area contributed by atoms with Crippen molar-refractivity contribution in [3.05, 3.63) is 0 Å². The molecule has 4 nitrogen and oxygen atoms in total. The summed E-state index contributed by atoms with van der Waals surface area (Å²) in [7, 11) is -1.70. The number of nitrogens with one attached hydrogen (secondary N) is 1. The fraction of sp³-hybridized carbons (Fsp3) is 0.933. The maximum absolute atomic E-state index is 11.8. The van der Waals surface area contributed by atoms with Crippen molar-refractivity contribution in [2.24, 2.45) is 0 Å². The van der Waals surface area contributed by atoms with E-state index in [-0.39, 0.29) is 17.0 Å². The van der Waals surface area contributed by atoms with Crippen LogP contribution >= 0.6 is 0 Å². The molecule has 0 aromatic carbocycles. The third-order valence-electron chi connectivity index (χ3n) is 3.58. The number of rotatable bonds is 6. The molecule has 0 aromatic rings. The molecule has 0 saturated heterocycles. The SMILES string of the molecule is CC(NCCO[Si](C)(C)C(C)(C)C)C(=O)OC(C)(C)C. The molecule has 120 valence electrons. The summed E-state index contributed by atoms with van der Waals surface area (Å²) in [4.78, 5) is 11.8. The van der Waals surface area contributed by atoms with Crippen molar-refractivity contribution < 1.29 is 14.0 Å². The van der Waals surface area contributed by atoms with Crippen LogP contribution in [0.2, 0.25) is 18.1 Å². The molecule has 20 heavy (non-hydrogen) atoms. The van der Waals surface area contributed by atoms with Crippen molar-refractivity contribution in [2.45, 2.75) is 78.2 Å². The predicted molar refractivity (Wildman–Crippen MR) is 86.5 cm³/mol. The van der Waals surface area contributed by atoms with Gasteiger partial charge in [0.15, 0.2) is 8.32 Å². The number of esters is 1. The van der Waals surface area contributed by atoms with Crippen molar-refractivity contribution in [1.82, 2.24) is 5.32 Å². The molecule has 0 saturated carbocycles. The second kappa shape index (κ2) is 7.05. The quantitative estimate of drug-likeness (QED) is 0.464. The summed E-state index contributed by atoms with van der Waals surface area (Å²) in [6, 6.07) is -0.308. The average molecular weight is 304 g/mol. The zero-order valence-electron chi connectivity index (χ0n) is 14.7. The average Bonchev–Trinajstić information content (AvgIpc) is 2.19. The maximum atomic E-state index is 11.8. The Morgan fingerprint density at radius 1 is 1.15 bits per heavy atom. The Hall–Kier alpha value is -0.393. The molecule has 0 aliphatic heterocycles. The molecule has 0 aromatic heterocycles. The molecule has 0 heterocycles. The van der Waals surface area contributed by atoms with Crippen LogP contribution in [0.4, 0.5) is 0 Å². The van der Waals surface area contributed by atoms with Gasteiger partial charge in [-0.15, -0.1) is 0 Å². The first-order chi connectivity index (χ1) is 8.76. The fourth-order valence-electron chi connectivity index (χ4n) is 1.27. The number of carbonyl (C=O) groups excluding carboxylic acids is 1. The lowest BCUT2D eigenvalue weighted by atomic mass is 10.2. The van der Waals surface area contributed by atoms with Gasteiger partial charge in [0, 0.05) is 13.2 Å². The van der Waals surface area contributed by atoms with Crippen molar-refractivity contribution >= 4 is 14.3 Å². The Labute approximate surface area is 125 Å². The van der Waals surface area contributed by atoms with Crippen LogP contribution in [0.5, 0.6) is 0 Å². The van der Waals surface area contributed by atoms with Crippen molar-refractivity contribution in [3.63, 3.8) is 0 Å². The minimum Gasteiger partial charge on any atom is -0.459 e. The highest BCUT2D eigenvalue weighted by molar-refractivity contribution is 6.74. The molecule has 0 aliphatic carbocycles. The molecule has 0 spiro atoms. The number of hydrogen-bond donors (Lipinski definition) is 1. The first-order valence-corrected chi connectivity index (χ1v) is 10.3. The van der Waals surface area contributed by atoms with Gasteiger partial charge in [-0.05, 0) is 45.8 Å². The molecule has 0 amide bonds. The summed E-state index contributed by atoms with van der Waals surface area (Å²) in [6.07, 6.45) is 0. The normalized spacial score (nSPS) is 15.1. The zero-order valence-corrected chi connectivity index (χ0v) is 15.7. The van der Waals surface area contributed by atoms with Gasteiger partial charge in [0.1, 0.15) is 11.6 Å². The maximum Gasteiger partial charge on any atom is 0.323 e. The Morgan fingerprint density at radius 2 is 1.65 bits per heavy atom. The van der Waals surface area contributed by atoms with E-state index in [9.17, 15) is 4.79 Å². The molecular formula is C15H33NO3Si. The Bertz CT molecular complexity index is 316. The molecule has 0 aliphatic rings. The Kier molecular flexibility index (Phi) is 6.91. The lowest BCUT2D eigenvalue weighted by molar-refractivity contribution is -0.156. The van der Waals surface area contributed by atoms with Crippen LogP contribution in [0.3, 0.4) is 0 Å². The van der Waals surface area contributed by atoms with Crippen LogP contribution in [0.1, 0.15) is 48.5 Å². The standard InChI is InChI=1S/C15H33NO3Si/c1-12(13(17)19-14(2,3)4)16-10-11-18-20(8,9)15(5,6)7/h12,16H,10-11H2,1-9H3. The Morgan fingerprint density at radius 3 is 2.05 bits per heavy atom. The topological polar surface area (TPSA) is 47.6 Å². The summed E-state index contributed by atoms with van der Waals surface area (Å²) in [5, 5.41) is 3.36. The van der Waals surface area contributed by atoms with Crippen LogP contribution in [-0.2, 0) is 14.0 Å². The van der Waals surface area contributed by atoms with E-state index < -0.39 is 13.9 Å². The van der Waals surface area contributed by atoms with Gasteiger partial charge in [-0.1, -0.05) is 20.8 Å². The van der Waals surface area contributed by atoms with Crippen molar-refractivity contribution in [1.29, 1.82) is 0 Å². The van der Waals surface area contributed by atoms with Gasteiger partial charge in [0.05, 0.1) is 0 Å². The fourth-order valence-corrected chi connectivity index (χ4v) is 2.32. The summed E-state index contributed by atoms with van der Waals surface area (Å²) in [5.74, 6) is -0.218. The molecule has 1 atom stereocenters. The molecule has 0 rings (SSSR count). The van der Waals surface area contributed by atoms with Crippen LogP contribution in [0.15, 0.2) is 0 Å². The van der Waals surface area contributed by atoms with Crippen LogP contribution < -0.4 is 5.32 Å². The van der Waals surface area contributed by atoms with E-state index in [1.165, 1.54) is 0 Å². The van der Waals surface area contributed by atoms with E-state index in [1.807, 2.05) is 27.7 Å².